The van der Waals surface area contributed by atoms with E-state index in [0.717, 1.165) is 28.6 Å². The number of anilines is 1. The molecule has 0 unspecified atom stereocenters. The summed E-state index contributed by atoms with van der Waals surface area (Å²) in [4.78, 5) is 16.9. The Bertz CT molecular complexity index is 1030. The molecule has 0 bridgehead atoms. The number of nitrogens with zero attached hydrogens (tertiary/aromatic N) is 2. The number of hydrogen-bond donors (Lipinski definition) is 1. The number of fused-ring (bicyclic) bond motifs is 1. The zero-order valence-corrected chi connectivity index (χ0v) is 16.0. The van der Waals surface area contributed by atoms with Crippen LogP contribution in [-0.2, 0) is 11.2 Å². The first-order valence-electron chi connectivity index (χ1n) is 8.54. The summed E-state index contributed by atoms with van der Waals surface area (Å²) in [5, 5.41) is 13.8. The molecule has 1 heterocycles. The summed E-state index contributed by atoms with van der Waals surface area (Å²) in [6.45, 7) is 2.05. The summed E-state index contributed by atoms with van der Waals surface area (Å²) in [5.41, 5.74) is 3.12. The summed E-state index contributed by atoms with van der Waals surface area (Å²) in [6, 6.07) is 17.2. The number of rotatable bonds is 6. The van der Waals surface area contributed by atoms with Gasteiger partial charge in [0.1, 0.15) is 16.8 Å². The Balaban J connectivity index is 1.76. The highest BCUT2D eigenvalue weighted by Crippen LogP contribution is 2.27. The van der Waals surface area contributed by atoms with Crippen molar-refractivity contribution in [2.75, 3.05) is 18.2 Å². The monoisotopic (exact) mass is 377 g/mol. The summed E-state index contributed by atoms with van der Waals surface area (Å²) in [7, 11) is 1.60. The first kappa shape index (κ1) is 18.7. The van der Waals surface area contributed by atoms with E-state index in [1.165, 1.54) is 11.8 Å². The van der Waals surface area contributed by atoms with E-state index in [1.807, 2.05) is 49.4 Å². The third-order valence-corrected chi connectivity index (χ3v) is 5.11. The first-order chi connectivity index (χ1) is 13.1. The first-order valence-corrected chi connectivity index (χ1v) is 9.52. The molecule has 0 atom stereocenters. The smallest absolute Gasteiger partial charge is 0.234 e. The van der Waals surface area contributed by atoms with Crippen LogP contribution in [0.2, 0.25) is 0 Å². The number of benzene rings is 2. The van der Waals surface area contributed by atoms with Crippen LogP contribution in [0.15, 0.2) is 53.6 Å². The van der Waals surface area contributed by atoms with Crippen LogP contribution in [0.3, 0.4) is 0 Å². The molecule has 0 radical (unpaired) electrons. The van der Waals surface area contributed by atoms with Crippen LogP contribution in [-0.4, -0.2) is 23.8 Å². The molecule has 27 heavy (non-hydrogen) atoms. The zero-order chi connectivity index (χ0) is 19.2. The summed E-state index contributed by atoms with van der Waals surface area (Å²) >= 11 is 1.26. The largest absolute Gasteiger partial charge is 0.497 e. The lowest BCUT2D eigenvalue weighted by molar-refractivity contribution is -0.113. The predicted octanol–water partition coefficient (Wildman–Crippen LogP) is 4.41. The van der Waals surface area contributed by atoms with Crippen LogP contribution >= 0.6 is 11.8 Å². The number of carbonyl (C=O) groups is 1. The number of pyridine rings is 1. The molecule has 1 N–H and O–H groups in total. The van der Waals surface area contributed by atoms with Crippen LogP contribution in [0, 0.1) is 11.3 Å². The molecule has 3 aromatic rings. The van der Waals surface area contributed by atoms with Gasteiger partial charge in [-0.2, -0.15) is 5.26 Å². The number of amides is 1. The van der Waals surface area contributed by atoms with E-state index in [9.17, 15) is 10.1 Å². The van der Waals surface area contributed by atoms with Gasteiger partial charge in [-0.15, -0.1) is 0 Å². The summed E-state index contributed by atoms with van der Waals surface area (Å²) in [5.74, 6) is 0.769. The number of para-hydroxylation sites is 1. The summed E-state index contributed by atoms with van der Waals surface area (Å²) in [6.07, 6.45) is 0.845. The number of thioether (sulfide) groups is 1. The van der Waals surface area contributed by atoms with E-state index in [1.54, 1.807) is 13.2 Å². The van der Waals surface area contributed by atoms with Gasteiger partial charge in [-0.1, -0.05) is 36.9 Å². The van der Waals surface area contributed by atoms with Crippen molar-refractivity contribution < 1.29 is 9.53 Å². The van der Waals surface area contributed by atoms with Crippen molar-refractivity contribution in [2.45, 2.75) is 18.4 Å². The Morgan fingerprint density at radius 1 is 1.26 bits per heavy atom. The highest BCUT2D eigenvalue weighted by Gasteiger charge is 2.12. The Morgan fingerprint density at radius 2 is 2.07 bits per heavy atom. The van der Waals surface area contributed by atoms with Crippen molar-refractivity contribution in [1.82, 2.24) is 4.98 Å². The molecule has 5 nitrogen and oxygen atoms in total. The number of methoxy groups -OCH3 is 1. The molecule has 136 valence electrons. The SMILES string of the molecule is CCc1ccccc1NC(=O)CSc1nc2ccc(OC)cc2cc1C#N. The Hall–Kier alpha value is -3.04. The van der Waals surface area contributed by atoms with Gasteiger partial charge in [0.15, 0.2) is 0 Å². The molecule has 1 aromatic heterocycles. The van der Waals surface area contributed by atoms with Gasteiger partial charge in [-0.05, 0) is 42.3 Å². The fourth-order valence-electron chi connectivity index (χ4n) is 2.72. The second-order valence-electron chi connectivity index (χ2n) is 5.86. The van der Waals surface area contributed by atoms with Gasteiger partial charge in [0, 0.05) is 11.1 Å². The zero-order valence-electron chi connectivity index (χ0n) is 15.2. The minimum Gasteiger partial charge on any atom is -0.497 e. The topological polar surface area (TPSA) is 75.0 Å². The molecule has 0 aliphatic rings. The maximum atomic E-state index is 12.3. The van der Waals surface area contributed by atoms with Gasteiger partial charge in [0.25, 0.3) is 0 Å². The lowest BCUT2D eigenvalue weighted by Crippen LogP contribution is -2.15. The fourth-order valence-corrected chi connectivity index (χ4v) is 3.49. The van der Waals surface area contributed by atoms with Gasteiger partial charge >= 0.3 is 0 Å². The van der Waals surface area contributed by atoms with Gasteiger partial charge in [0.05, 0.1) is 23.9 Å². The average molecular weight is 377 g/mol. The Morgan fingerprint density at radius 3 is 2.81 bits per heavy atom. The van der Waals surface area contributed by atoms with E-state index >= 15 is 0 Å². The van der Waals surface area contributed by atoms with Crippen LogP contribution in [0.4, 0.5) is 5.69 Å². The van der Waals surface area contributed by atoms with E-state index in [4.69, 9.17) is 4.74 Å². The molecule has 0 aliphatic heterocycles. The summed E-state index contributed by atoms with van der Waals surface area (Å²) < 4.78 is 5.21. The number of carbonyl (C=O) groups excluding carboxylic acids is 1. The van der Waals surface area contributed by atoms with E-state index in [2.05, 4.69) is 16.4 Å². The third kappa shape index (κ3) is 4.39. The Kier molecular flexibility index (Phi) is 5.94. The lowest BCUT2D eigenvalue weighted by atomic mass is 10.1. The van der Waals surface area contributed by atoms with Crippen LogP contribution in [0.5, 0.6) is 5.75 Å². The predicted molar refractivity (Wildman–Crippen MR) is 108 cm³/mol. The molecule has 1 amide bonds. The lowest BCUT2D eigenvalue weighted by Gasteiger charge is -2.10. The minimum atomic E-state index is -0.124. The number of aromatic nitrogens is 1. The maximum Gasteiger partial charge on any atom is 0.234 e. The number of hydrogen-bond acceptors (Lipinski definition) is 5. The maximum absolute atomic E-state index is 12.3. The number of aryl methyl sites for hydroxylation is 1. The second kappa shape index (κ2) is 8.56. The molecule has 6 heteroatoms. The molecule has 0 aliphatic carbocycles. The Labute approximate surface area is 162 Å². The molecule has 0 saturated heterocycles. The van der Waals surface area contributed by atoms with Crippen molar-refractivity contribution >= 4 is 34.3 Å². The molecule has 2 aromatic carbocycles. The van der Waals surface area contributed by atoms with E-state index < -0.39 is 0 Å². The van der Waals surface area contributed by atoms with Crippen molar-refractivity contribution in [3.63, 3.8) is 0 Å². The normalized spacial score (nSPS) is 10.4. The highest BCUT2D eigenvalue weighted by molar-refractivity contribution is 8.00. The number of nitrogens with one attached hydrogen (secondary N) is 1. The average Bonchev–Trinajstić information content (AvgIpc) is 2.71. The van der Waals surface area contributed by atoms with Crippen molar-refractivity contribution in [2.24, 2.45) is 0 Å². The van der Waals surface area contributed by atoms with Gasteiger partial charge in [-0.25, -0.2) is 4.98 Å². The second-order valence-corrected chi connectivity index (χ2v) is 6.82. The van der Waals surface area contributed by atoms with E-state index in [-0.39, 0.29) is 11.7 Å². The van der Waals surface area contributed by atoms with E-state index in [0.29, 0.717) is 16.3 Å². The minimum absolute atomic E-state index is 0.124. The van der Waals surface area contributed by atoms with Gasteiger partial charge in [0.2, 0.25) is 5.91 Å². The number of ether oxygens (including phenoxy) is 1. The molecule has 0 fully saturated rings. The molecular weight excluding hydrogens is 358 g/mol. The fraction of sp³-hybridized carbons (Fsp3) is 0.190. The molecule has 0 saturated carbocycles. The van der Waals surface area contributed by atoms with Crippen LogP contribution < -0.4 is 10.1 Å². The highest BCUT2D eigenvalue weighted by atomic mass is 32.2. The molecule has 3 rings (SSSR count). The standard InChI is InChI=1S/C21H19N3O2S/c1-3-14-6-4-5-7-18(14)23-20(25)13-27-21-16(12-22)10-15-11-17(26-2)8-9-19(15)24-21/h4-11H,3,13H2,1-2H3,(H,23,25). The van der Waals surface area contributed by atoms with Gasteiger partial charge < -0.3 is 10.1 Å². The van der Waals surface area contributed by atoms with Gasteiger partial charge in [-0.3, -0.25) is 4.79 Å². The molecular formula is C21H19N3O2S. The molecule has 0 spiro atoms. The van der Waals surface area contributed by atoms with Crippen LogP contribution in [0.1, 0.15) is 18.1 Å². The third-order valence-electron chi connectivity index (χ3n) is 4.12. The van der Waals surface area contributed by atoms with Crippen molar-refractivity contribution in [3.05, 3.63) is 59.7 Å². The van der Waals surface area contributed by atoms with Crippen LogP contribution in [0.25, 0.3) is 10.9 Å². The van der Waals surface area contributed by atoms with Crippen molar-refractivity contribution in [1.29, 1.82) is 5.26 Å². The quantitative estimate of drug-likeness (QED) is 0.644. The van der Waals surface area contributed by atoms with Crippen molar-refractivity contribution in [3.8, 4) is 11.8 Å². The number of nitriles is 1.